The van der Waals surface area contributed by atoms with Crippen LogP contribution < -0.4 is 0 Å². The Morgan fingerprint density at radius 2 is 2.06 bits per heavy atom. The highest BCUT2D eigenvalue weighted by Gasteiger charge is 2.23. The number of nitrogens with zero attached hydrogens (tertiary/aromatic N) is 1. The maximum Gasteiger partial charge on any atom is 0.253 e. The van der Waals surface area contributed by atoms with Crippen LogP contribution in [0.5, 0.6) is 0 Å². The van der Waals surface area contributed by atoms with Crippen molar-refractivity contribution in [2.75, 3.05) is 13.1 Å². The van der Waals surface area contributed by atoms with E-state index < -0.39 is 0 Å². The molecule has 0 saturated carbocycles. The molecule has 1 fully saturated rings. The van der Waals surface area contributed by atoms with Gasteiger partial charge in [0, 0.05) is 18.7 Å². The summed E-state index contributed by atoms with van der Waals surface area (Å²) >= 11 is 17.8. The molecule has 2 nitrogen and oxygen atoms in total. The van der Waals surface area contributed by atoms with Crippen LogP contribution in [-0.4, -0.2) is 29.3 Å². The molecule has 1 saturated heterocycles. The van der Waals surface area contributed by atoms with Gasteiger partial charge in [0.1, 0.15) is 0 Å². The molecule has 0 spiro atoms. The second-order valence-corrected chi connectivity index (χ2v) is 5.55. The highest BCUT2D eigenvalue weighted by molar-refractivity contribution is 6.42. The molecule has 1 atom stereocenters. The maximum absolute atomic E-state index is 12.2. The van der Waals surface area contributed by atoms with Gasteiger partial charge in [-0.15, -0.1) is 11.6 Å². The molecule has 1 aliphatic heterocycles. The summed E-state index contributed by atoms with van der Waals surface area (Å²) in [7, 11) is 0. The zero-order valence-electron chi connectivity index (χ0n) is 9.13. The van der Waals surface area contributed by atoms with Crippen LogP contribution in [-0.2, 0) is 0 Å². The number of likely N-dealkylation sites (tertiary alicyclic amines) is 1. The molecule has 5 heteroatoms. The Kier molecular flexibility index (Phi) is 4.18. The average molecular weight is 293 g/mol. The van der Waals surface area contributed by atoms with Crippen LogP contribution in [0.15, 0.2) is 18.2 Å². The van der Waals surface area contributed by atoms with Gasteiger partial charge in [-0.2, -0.15) is 0 Å². The number of alkyl halides is 1. The fraction of sp³-hybridized carbons (Fsp3) is 0.417. The molecule has 0 aliphatic carbocycles. The Hall–Kier alpha value is -0.440. The molecule has 1 heterocycles. The Morgan fingerprint density at radius 1 is 1.29 bits per heavy atom. The van der Waals surface area contributed by atoms with E-state index >= 15 is 0 Å². The van der Waals surface area contributed by atoms with Crippen LogP contribution in [0.2, 0.25) is 10.0 Å². The van der Waals surface area contributed by atoms with E-state index in [2.05, 4.69) is 0 Å². The molecule has 0 N–H and O–H groups in total. The van der Waals surface area contributed by atoms with Crippen LogP contribution in [0.25, 0.3) is 0 Å². The van der Waals surface area contributed by atoms with E-state index in [1.165, 1.54) is 0 Å². The highest BCUT2D eigenvalue weighted by atomic mass is 35.5. The predicted molar refractivity (Wildman–Crippen MR) is 71.2 cm³/mol. The summed E-state index contributed by atoms with van der Waals surface area (Å²) in [6.07, 6.45) is 1.91. The Bertz CT molecular complexity index is 436. The van der Waals surface area contributed by atoms with E-state index in [1.54, 1.807) is 23.1 Å². The fourth-order valence-electron chi connectivity index (χ4n) is 1.92. The van der Waals surface area contributed by atoms with E-state index in [0.717, 1.165) is 19.4 Å². The predicted octanol–water partition coefficient (Wildman–Crippen LogP) is 3.84. The highest BCUT2D eigenvalue weighted by Crippen LogP contribution is 2.24. The van der Waals surface area contributed by atoms with Gasteiger partial charge in [-0.25, -0.2) is 0 Å². The first kappa shape index (κ1) is 13.0. The maximum atomic E-state index is 12.2. The number of hydrogen-bond acceptors (Lipinski definition) is 1. The molecular formula is C12H12Cl3NO. The van der Waals surface area contributed by atoms with Gasteiger partial charge in [0.25, 0.3) is 5.91 Å². The zero-order valence-corrected chi connectivity index (χ0v) is 11.4. The summed E-state index contributed by atoms with van der Waals surface area (Å²) in [6.45, 7) is 1.35. The largest absolute Gasteiger partial charge is 0.337 e. The van der Waals surface area contributed by atoms with Crippen LogP contribution in [0.3, 0.4) is 0 Å². The first-order chi connectivity index (χ1) is 8.08. The minimum Gasteiger partial charge on any atom is -0.337 e. The monoisotopic (exact) mass is 291 g/mol. The van der Waals surface area contributed by atoms with Gasteiger partial charge < -0.3 is 4.90 Å². The molecule has 2 rings (SSSR count). The van der Waals surface area contributed by atoms with Crippen molar-refractivity contribution in [1.29, 1.82) is 0 Å². The molecule has 0 bridgehead atoms. The van der Waals surface area contributed by atoms with Crippen molar-refractivity contribution >= 4 is 40.7 Å². The number of amides is 1. The smallest absolute Gasteiger partial charge is 0.253 e. The summed E-state index contributed by atoms with van der Waals surface area (Å²) in [6, 6.07) is 4.93. The molecule has 1 unspecified atom stereocenters. The lowest BCUT2D eigenvalue weighted by atomic mass is 10.1. The molecule has 0 aromatic heterocycles. The summed E-state index contributed by atoms with van der Waals surface area (Å²) in [5, 5.41) is 0.907. The number of benzene rings is 1. The molecule has 92 valence electrons. The van der Waals surface area contributed by atoms with E-state index in [-0.39, 0.29) is 11.3 Å². The molecule has 17 heavy (non-hydrogen) atoms. The third-order valence-corrected chi connectivity index (χ3v) is 3.91. The first-order valence-corrected chi connectivity index (χ1v) is 6.65. The minimum absolute atomic E-state index is 0.0334. The minimum atomic E-state index is -0.0334. The van der Waals surface area contributed by atoms with Crippen molar-refractivity contribution in [3.63, 3.8) is 0 Å². The molecule has 1 amide bonds. The lowest BCUT2D eigenvalue weighted by Crippen LogP contribution is -2.40. The summed E-state index contributed by atoms with van der Waals surface area (Å²) in [5.74, 6) is -0.0334. The molecule has 1 aromatic rings. The van der Waals surface area contributed by atoms with Crippen molar-refractivity contribution in [2.45, 2.75) is 18.2 Å². The van der Waals surface area contributed by atoms with E-state index in [9.17, 15) is 4.79 Å². The van der Waals surface area contributed by atoms with Gasteiger partial charge in [-0.3, -0.25) is 4.79 Å². The van der Waals surface area contributed by atoms with Crippen molar-refractivity contribution in [3.05, 3.63) is 33.8 Å². The second kappa shape index (κ2) is 5.47. The van der Waals surface area contributed by atoms with Crippen molar-refractivity contribution in [1.82, 2.24) is 4.90 Å². The number of piperidine rings is 1. The number of carbonyl (C=O) groups is 1. The van der Waals surface area contributed by atoms with Gasteiger partial charge >= 0.3 is 0 Å². The standard InChI is InChI=1S/C12H12Cl3NO/c13-9-2-1-5-16(7-9)12(17)8-3-4-10(14)11(15)6-8/h3-4,6,9H,1-2,5,7H2. The van der Waals surface area contributed by atoms with Gasteiger partial charge in [-0.1, -0.05) is 23.2 Å². The molecule has 1 aliphatic rings. The number of hydrogen-bond donors (Lipinski definition) is 0. The topological polar surface area (TPSA) is 20.3 Å². The second-order valence-electron chi connectivity index (χ2n) is 4.12. The van der Waals surface area contributed by atoms with Gasteiger partial charge in [0.15, 0.2) is 0 Å². The Labute approximate surface area is 115 Å². The van der Waals surface area contributed by atoms with Gasteiger partial charge in [0.05, 0.1) is 15.4 Å². The molecule has 1 aromatic carbocycles. The van der Waals surface area contributed by atoms with Crippen LogP contribution in [0, 0.1) is 0 Å². The molecular weight excluding hydrogens is 280 g/mol. The summed E-state index contributed by atoms with van der Waals surface area (Å²) in [4.78, 5) is 13.9. The number of carbonyl (C=O) groups excluding carboxylic acids is 1. The zero-order chi connectivity index (χ0) is 12.4. The normalized spacial score (nSPS) is 20.4. The van der Waals surface area contributed by atoms with Crippen LogP contribution >= 0.6 is 34.8 Å². The van der Waals surface area contributed by atoms with Gasteiger partial charge in [-0.05, 0) is 31.0 Å². The number of rotatable bonds is 1. The van der Waals surface area contributed by atoms with Gasteiger partial charge in [0.2, 0.25) is 0 Å². The third-order valence-electron chi connectivity index (χ3n) is 2.82. The summed E-state index contributed by atoms with van der Waals surface area (Å²) in [5.41, 5.74) is 0.560. The third kappa shape index (κ3) is 3.06. The fourth-order valence-corrected chi connectivity index (χ4v) is 2.54. The van der Waals surface area contributed by atoms with Crippen molar-refractivity contribution in [3.8, 4) is 0 Å². The van der Waals surface area contributed by atoms with Crippen LogP contribution in [0.1, 0.15) is 23.2 Å². The van der Waals surface area contributed by atoms with Crippen molar-refractivity contribution < 1.29 is 4.79 Å². The van der Waals surface area contributed by atoms with E-state index in [0.29, 0.717) is 22.2 Å². The van der Waals surface area contributed by atoms with E-state index in [4.69, 9.17) is 34.8 Å². The Morgan fingerprint density at radius 3 is 2.71 bits per heavy atom. The van der Waals surface area contributed by atoms with Crippen LogP contribution in [0.4, 0.5) is 0 Å². The summed E-state index contributed by atoms with van der Waals surface area (Å²) < 4.78 is 0. The quantitative estimate of drug-likeness (QED) is 0.720. The first-order valence-electron chi connectivity index (χ1n) is 5.46. The Balaban J connectivity index is 2.15. The SMILES string of the molecule is O=C(c1ccc(Cl)c(Cl)c1)N1CCCC(Cl)C1. The average Bonchev–Trinajstić information content (AvgIpc) is 2.32. The van der Waals surface area contributed by atoms with E-state index in [1.807, 2.05) is 0 Å². The lowest BCUT2D eigenvalue weighted by Gasteiger charge is -2.29. The van der Waals surface area contributed by atoms with Crippen molar-refractivity contribution in [2.24, 2.45) is 0 Å². The molecule has 0 radical (unpaired) electrons. The lowest BCUT2D eigenvalue weighted by molar-refractivity contribution is 0.0727. The number of halogens is 3.